The number of ether oxygens (including phenoxy) is 1. The molecule has 1 aliphatic heterocycles. The minimum Gasteiger partial charge on any atom is -0.375 e. The van der Waals surface area contributed by atoms with E-state index in [-0.39, 0.29) is 19.7 Å². The Morgan fingerprint density at radius 2 is 2.00 bits per heavy atom. The predicted octanol–water partition coefficient (Wildman–Crippen LogP) is 2.81. The SMILES string of the molecule is CC1CN(c2nc(C(F)(F)F)nc(C(C#N)S(=O)(=O)c3ccccc3F)c2[N+](=O)[O-])CCO1. The van der Waals surface area contributed by atoms with Crippen molar-refractivity contribution in [3.05, 3.63) is 51.7 Å². The van der Waals surface area contributed by atoms with Gasteiger partial charge in [-0.25, -0.2) is 22.8 Å². The minimum atomic E-state index is -5.22. The van der Waals surface area contributed by atoms with Crippen molar-refractivity contribution in [2.75, 3.05) is 24.6 Å². The molecule has 0 N–H and O–H groups in total. The van der Waals surface area contributed by atoms with E-state index in [1.165, 1.54) is 6.07 Å². The van der Waals surface area contributed by atoms with Crippen LogP contribution in [0.25, 0.3) is 0 Å². The topological polar surface area (TPSA) is 139 Å². The lowest BCUT2D eigenvalue weighted by Crippen LogP contribution is -2.42. The van der Waals surface area contributed by atoms with E-state index in [9.17, 15) is 41.4 Å². The van der Waals surface area contributed by atoms with Gasteiger partial charge in [0.05, 0.1) is 23.7 Å². The zero-order valence-corrected chi connectivity index (χ0v) is 17.6. The third kappa shape index (κ3) is 4.71. The molecule has 1 saturated heterocycles. The second-order valence-corrected chi connectivity index (χ2v) is 8.97. The molecule has 2 aromatic rings. The lowest BCUT2D eigenvalue weighted by atomic mass is 10.2. The predicted molar refractivity (Wildman–Crippen MR) is 103 cm³/mol. The highest BCUT2D eigenvalue weighted by Gasteiger charge is 2.45. The summed E-state index contributed by atoms with van der Waals surface area (Å²) in [6.45, 7) is 1.40. The number of nitrogens with zero attached hydrogens (tertiary/aromatic N) is 5. The standard InChI is InChI=1S/C18H15F4N5O5S/c1-10-9-26(6-7-32-10)16-15(27(28)29)14(24-17(25-16)18(20,21)22)13(8-23)33(30,31)12-5-3-2-4-11(12)19/h2-5,10,13H,6-7,9H2,1H3. The number of nitro groups is 1. The van der Waals surface area contributed by atoms with Gasteiger partial charge in [0.25, 0.3) is 0 Å². The molecule has 3 rings (SSSR count). The van der Waals surface area contributed by atoms with Gasteiger partial charge in [-0.05, 0) is 19.1 Å². The maximum absolute atomic E-state index is 14.2. The minimum absolute atomic E-state index is 0.00815. The number of anilines is 1. The van der Waals surface area contributed by atoms with Gasteiger partial charge in [-0.2, -0.15) is 18.4 Å². The molecule has 0 aliphatic carbocycles. The normalized spacial score (nSPS) is 17.9. The van der Waals surface area contributed by atoms with Crippen LogP contribution in [0.1, 0.15) is 23.7 Å². The van der Waals surface area contributed by atoms with Gasteiger partial charge < -0.3 is 9.64 Å². The van der Waals surface area contributed by atoms with Crippen LogP contribution in [0.4, 0.5) is 29.1 Å². The van der Waals surface area contributed by atoms with Gasteiger partial charge >= 0.3 is 11.9 Å². The molecule has 10 nitrogen and oxygen atoms in total. The van der Waals surface area contributed by atoms with Gasteiger partial charge in [-0.15, -0.1) is 0 Å². The van der Waals surface area contributed by atoms with E-state index in [0.29, 0.717) is 0 Å². The number of rotatable bonds is 5. The monoisotopic (exact) mass is 489 g/mol. The molecule has 0 amide bonds. The second-order valence-electron chi connectivity index (χ2n) is 6.97. The zero-order valence-electron chi connectivity index (χ0n) is 16.8. The van der Waals surface area contributed by atoms with Crippen LogP contribution < -0.4 is 4.90 Å². The molecule has 176 valence electrons. The van der Waals surface area contributed by atoms with Crippen LogP contribution in [0.15, 0.2) is 29.2 Å². The number of aromatic nitrogens is 2. The van der Waals surface area contributed by atoms with E-state index >= 15 is 0 Å². The van der Waals surface area contributed by atoms with Crippen LogP contribution in [-0.4, -0.2) is 49.1 Å². The third-order valence-electron chi connectivity index (χ3n) is 4.69. The maximum atomic E-state index is 14.2. The molecule has 33 heavy (non-hydrogen) atoms. The summed E-state index contributed by atoms with van der Waals surface area (Å²) in [7, 11) is -5.05. The van der Waals surface area contributed by atoms with E-state index in [0.717, 1.165) is 29.2 Å². The first kappa shape index (κ1) is 24.3. The molecule has 1 fully saturated rings. The molecular formula is C18H15F4N5O5S. The first-order valence-electron chi connectivity index (χ1n) is 9.26. The number of benzene rings is 1. The number of sulfone groups is 1. The summed E-state index contributed by atoms with van der Waals surface area (Å²) in [5, 5.41) is 18.8. The van der Waals surface area contributed by atoms with E-state index in [4.69, 9.17) is 4.74 Å². The number of hydrogen-bond donors (Lipinski definition) is 0. The first-order valence-corrected chi connectivity index (χ1v) is 10.8. The Morgan fingerprint density at radius 1 is 1.33 bits per heavy atom. The Hall–Kier alpha value is -3.38. The molecule has 2 atom stereocenters. The molecular weight excluding hydrogens is 474 g/mol. The quantitative estimate of drug-likeness (QED) is 0.352. The molecule has 1 aliphatic rings. The summed E-state index contributed by atoms with van der Waals surface area (Å²) in [6, 6.07) is 5.07. The van der Waals surface area contributed by atoms with E-state index in [2.05, 4.69) is 9.97 Å². The highest BCUT2D eigenvalue weighted by Crippen LogP contribution is 2.41. The van der Waals surface area contributed by atoms with Crippen molar-refractivity contribution in [3.63, 3.8) is 0 Å². The van der Waals surface area contributed by atoms with Crippen molar-refractivity contribution < 1.29 is 35.6 Å². The van der Waals surface area contributed by atoms with Crippen molar-refractivity contribution in [1.82, 2.24) is 9.97 Å². The van der Waals surface area contributed by atoms with Crippen LogP contribution in [0.2, 0.25) is 0 Å². The Labute approximate surface area is 184 Å². The Bertz CT molecular complexity index is 1230. The van der Waals surface area contributed by atoms with Crippen molar-refractivity contribution in [3.8, 4) is 6.07 Å². The van der Waals surface area contributed by atoms with Gasteiger partial charge in [-0.1, -0.05) is 12.1 Å². The highest BCUT2D eigenvalue weighted by atomic mass is 32.2. The Morgan fingerprint density at radius 3 is 2.55 bits per heavy atom. The number of alkyl halides is 3. The van der Waals surface area contributed by atoms with Crippen molar-refractivity contribution in [2.24, 2.45) is 0 Å². The molecule has 0 radical (unpaired) electrons. The van der Waals surface area contributed by atoms with Gasteiger partial charge in [0.2, 0.25) is 26.7 Å². The molecule has 1 aromatic carbocycles. The van der Waals surface area contributed by atoms with Gasteiger partial charge in [0.15, 0.2) is 5.69 Å². The van der Waals surface area contributed by atoms with Gasteiger partial charge in [0, 0.05) is 13.1 Å². The maximum Gasteiger partial charge on any atom is 0.451 e. The van der Waals surface area contributed by atoms with Crippen LogP contribution in [0, 0.1) is 27.3 Å². The van der Waals surface area contributed by atoms with Crippen molar-refractivity contribution >= 4 is 21.3 Å². The van der Waals surface area contributed by atoms with Crippen molar-refractivity contribution in [2.45, 2.75) is 29.3 Å². The van der Waals surface area contributed by atoms with E-state index in [1.807, 2.05) is 0 Å². The average Bonchev–Trinajstić information content (AvgIpc) is 2.72. The van der Waals surface area contributed by atoms with Crippen LogP contribution in [0.5, 0.6) is 0 Å². The molecule has 1 aromatic heterocycles. The Kier molecular flexibility index (Phi) is 6.52. The van der Waals surface area contributed by atoms with Gasteiger partial charge in [0.1, 0.15) is 10.7 Å². The lowest BCUT2D eigenvalue weighted by molar-refractivity contribution is -0.385. The molecule has 0 spiro atoms. The Balaban J connectivity index is 2.33. The summed E-state index contributed by atoms with van der Waals surface area (Å²) in [6.07, 6.45) is -5.75. The van der Waals surface area contributed by atoms with Gasteiger partial charge in [-0.3, -0.25) is 10.1 Å². The largest absolute Gasteiger partial charge is 0.451 e. The molecule has 0 bridgehead atoms. The third-order valence-corrected chi connectivity index (χ3v) is 6.58. The number of hydrogen-bond acceptors (Lipinski definition) is 9. The molecule has 2 unspecified atom stereocenters. The first-order chi connectivity index (χ1) is 15.4. The summed E-state index contributed by atoms with van der Waals surface area (Å²) in [4.78, 5) is 17.2. The summed E-state index contributed by atoms with van der Waals surface area (Å²) >= 11 is 0. The summed E-state index contributed by atoms with van der Waals surface area (Å²) in [5.41, 5.74) is -2.49. The lowest BCUT2D eigenvalue weighted by Gasteiger charge is -2.32. The smallest absolute Gasteiger partial charge is 0.375 e. The fourth-order valence-corrected chi connectivity index (χ4v) is 4.71. The number of nitriles is 1. The van der Waals surface area contributed by atoms with Crippen molar-refractivity contribution in [1.29, 1.82) is 5.26 Å². The number of halogens is 4. The fraction of sp³-hybridized carbons (Fsp3) is 0.389. The van der Waals surface area contributed by atoms with Crippen LogP contribution in [0.3, 0.4) is 0 Å². The van der Waals surface area contributed by atoms with Crippen LogP contribution >= 0.6 is 0 Å². The second kappa shape index (κ2) is 8.87. The molecule has 15 heteroatoms. The summed E-state index contributed by atoms with van der Waals surface area (Å²) in [5.74, 6) is -3.97. The van der Waals surface area contributed by atoms with E-state index in [1.54, 1.807) is 6.92 Å². The fourth-order valence-electron chi connectivity index (χ4n) is 3.26. The highest BCUT2D eigenvalue weighted by molar-refractivity contribution is 7.92. The molecule has 2 heterocycles. The van der Waals surface area contributed by atoms with E-state index < -0.39 is 66.0 Å². The number of morpholine rings is 1. The summed E-state index contributed by atoms with van der Waals surface area (Å²) < 4.78 is 86.1. The van der Waals surface area contributed by atoms with Crippen LogP contribution in [-0.2, 0) is 20.8 Å². The average molecular weight is 489 g/mol. The zero-order chi connectivity index (χ0) is 24.6. The molecule has 0 saturated carbocycles.